The van der Waals surface area contributed by atoms with Crippen molar-refractivity contribution in [1.82, 2.24) is 19.4 Å². The van der Waals surface area contributed by atoms with Gasteiger partial charge in [-0.2, -0.15) is 0 Å². The molecule has 1 saturated carbocycles. The third kappa shape index (κ3) is 3.14. The molecule has 2 aromatic rings. The summed E-state index contributed by atoms with van der Waals surface area (Å²) in [7, 11) is 0. The van der Waals surface area contributed by atoms with E-state index in [2.05, 4.69) is 20.7 Å². The molecular weight excluding hydrogens is 288 g/mol. The van der Waals surface area contributed by atoms with Crippen molar-refractivity contribution in [2.75, 3.05) is 13.1 Å². The topological polar surface area (TPSA) is 51.0 Å². The average molecular weight is 310 g/mol. The smallest absolute Gasteiger partial charge is 0.272 e. The van der Waals surface area contributed by atoms with Gasteiger partial charge >= 0.3 is 0 Å². The van der Waals surface area contributed by atoms with Gasteiger partial charge in [-0.3, -0.25) is 9.78 Å². The molecule has 0 aromatic carbocycles. The molecule has 3 heterocycles. The first-order valence-electron chi connectivity index (χ1n) is 8.52. The zero-order valence-corrected chi connectivity index (χ0v) is 13.3. The maximum atomic E-state index is 12.5. The van der Waals surface area contributed by atoms with Gasteiger partial charge in [0, 0.05) is 44.1 Å². The van der Waals surface area contributed by atoms with E-state index in [-0.39, 0.29) is 5.91 Å². The fourth-order valence-corrected chi connectivity index (χ4v) is 3.41. The van der Waals surface area contributed by atoms with E-state index in [1.807, 2.05) is 23.2 Å². The fourth-order valence-electron chi connectivity index (χ4n) is 3.41. The summed E-state index contributed by atoms with van der Waals surface area (Å²) < 4.78 is 2.33. The lowest BCUT2D eigenvalue weighted by molar-refractivity contribution is 0.0704. The van der Waals surface area contributed by atoms with Crippen LogP contribution in [0.25, 0.3) is 0 Å². The van der Waals surface area contributed by atoms with Crippen molar-refractivity contribution in [3.63, 3.8) is 0 Å². The first kappa shape index (κ1) is 14.4. The summed E-state index contributed by atoms with van der Waals surface area (Å²) in [4.78, 5) is 23.1. The molecular formula is C18H22N4O. The van der Waals surface area contributed by atoms with Gasteiger partial charge in [-0.05, 0) is 43.7 Å². The van der Waals surface area contributed by atoms with Gasteiger partial charge in [0.2, 0.25) is 0 Å². The number of rotatable bonds is 4. The SMILES string of the molecule is O=C(c1ccccn1)N1CCC(c2nccn2CC2CC2)CC1. The number of carbonyl (C=O) groups is 1. The quantitative estimate of drug-likeness (QED) is 0.872. The number of aromatic nitrogens is 3. The molecule has 0 unspecified atom stereocenters. The fraction of sp³-hybridized carbons (Fsp3) is 0.500. The van der Waals surface area contributed by atoms with Crippen molar-refractivity contribution in [2.24, 2.45) is 5.92 Å². The van der Waals surface area contributed by atoms with Crippen LogP contribution in [0.15, 0.2) is 36.8 Å². The third-order valence-electron chi connectivity index (χ3n) is 4.93. The second-order valence-electron chi connectivity index (χ2n) is 6.66. The number of nitrogens with zero attached hydrogens (tertiary/aromatic N) is 4. The second kappa shape index (κ2) is 6.14. The predicted molar refractivity (Wildman–Crippen MR) is 87.1 cm³/mol. The van der Waals surface area contributed by atoms with E-state index >= 15 is 0 Å². The maximum absolute atomic E-state index is 12.5. The van der Waals surface area contributed by atoms with Crippen molar-refractivity contribution in [3.05, 3.63) is 48.3 Å². The van der Waals surface area contributed by atoms with Gasteiger partial charge in [0.25, 0.3) is 5.91 Å². The molecule has 2 fully saturated rings. The van der Waals surface area contributed by atoms with Gasteiger partial charge < -0.3 is 9.47 Å². The van der Waals surface area contributed by atoms with Crippen LogP contribution in [0.1, 0.15) is 47.9 Å². The van der Waals surface area contributed by atoms with E-state index in [1.54, 1.807) is 12.3 Å². The molecule has 0 bridgehead atoms. The first-order valence-corrected chi connectivity index (χ1v) is 8.52. The Kier molecular flexibility index (Phi) is 3.85. The highest BCUT2D eigenvalue weighted by Crippen LogP contribution is 2.33. The summed E-state index contributed by atoms with van der Waals surface area (Å²) >= 11 is 0. The van der Waals surface area contributed by atoms with Crippen molar-refractivity contribution in [2.45, 2.75) is 38.1 Å². The van der Waals surface area contributed by atoms with Gasteiger partial charge in [-0.25, -0.2) is 4.98 Å². The van der Waals surface area contributed by atoms with E-state index in [0.717, 1.165) is 38.4 Å². The maximum Gasteiger partial charge on any atom is 0.272 e. The van der Waals surface area contributed by atoms with Gasteiger partial charge in [-0.15, -0.1) is 0 Å². The summed E-state index contributed by atoms with van der Waals surface area (Å²) in [5.41, 5.74) is 0.543. The molecule has 120 valence electrons. The van der Waals surface area contributed by atoms with Crippen LogP contribution >= 0.6 is 0 Å². The molecule has 5 nitrogen and oxygen atoms in total. The molecule has 1 aliphatic carbocycles. The number of hydrogen-bond donors (Lipinski definition) is 0. The lowest BCUT2D eigenvalue weighted by Gasteiger charge is -2.31. The van der Waals surface area contributed by atoms with Crippen molar-refractivity contribution < 1.29 is 4.79 Å². The second-order valence-corrected chi connectivity index (χ2v) is 6.66. The van der Waals surface area contributed by atoms with Crippen LogP contribution in [0.2, 0.25) is 0 Å². The Morgan fingerprint density at radius 3 is 2.61 bits per heavy atom. The molecule has 0 radical (unpaired) electrons. The Balaban J connectivity index is 1.39. The first-order chi connectivity index (χ1) is 11.3. The van der Waals surface area contributed by atoms with Gasteiger partial charge in [0.1, 0.15) is 11.5 Å². The highest BCUT2D eigenvalue weighted by molar-refractivity contribution is 5.92. The lowest BCUT2D eigenvalue weighted by Crippen LogP contribution is -2.38. The highest BCUT2D eigenvalue weighted by atomic mass is 16.2. The minimum atomic E-state index is 0.0466. The number of carbonyl (C=O) groups excluding carboxylic acids is 1. The van der Waals surface area contributed by atoms with E-state index in [9.17, 15) is 4.79 Å². The predicted octanol–water partition coefficient (Wildman–Crippen LogP) is 2.71. The number of hydrogen-bond acceptors (Lipinski definition) is 3. The van der Waals surface area contributed by atoms with E-state index < -0.39 is 0 Å². The van der Waals surface area contributed by atoms with E-state index in [0.29, 0.717) is 11.6 Å². The molecule has 1 aliphatic heterocycles. The van der Waals surface area contributed by atoms with E-state index in [4.69, 9.17) is 0 Å². The molecule has 4 rings (SSSR count). The molecule has 2 aromatic heterocycles. The van der Waals surface area contributed by atoms with Crippen molar-refractivity contribution >= 4 is 5.91 Å². The summed E-state index contributed by atoms with van der Waals surface area (Å²) in [6.45, 7) is 2.69. The van der Waals surface area contributed by atoms with Crippen LogP contribution in [0.4, 0.5) is 0 Å². The molecule has 0 N–H and O–H groups in total. The van der Waals surface area contributed by atoms with Crippen LogP contribution < -0.4 is 0 Å². The highest BCUT2D eigenvalue weighted by Gasteiger charge is 2.29. The Hall–Kier alpha value is -2.17. The molecule has 1 amide bonds. The Morgan fingerprint density at radius 1 is 1.09 bits per heavy atom. The zero-order valence-electron chi connectivity index (χ0n) is 13.3. The van der Waals surface area contributed by atoms with Crippen molar-refractivity contribution in [1.29, 1.82) is 0 Å². The number of amides is 1. The standard InChI is InChI=1S/C18H22N4O/c23-18(16-3-1-2-8-19-16)21-10-6-15(7-11-21)17-20-9-12-22(17)13-14-4-5-14/h1-3,8-9,12,14-15H,4-7,10-11,13H2. The summed E-state index contributed by atoms with van der Waals surface area (Å²) in [6.07, 6.45) is 10.4. The Morgan fingerprint density at radius 2 is 1.91 bits per heavy atom. The summed E-state index contributed by atoms with van der Waals surface area (Å²) in [5.74, 6) is 2.58. The van der Waals surface area contributed by atoms with Crippen LogP contribution in [0.3, 0.4) is 0 Å². The number of imidazole rings is 1. The number of pyridine rings is 1. The molecule has 1 saturated heterocycles. The molecule has 0 spiro atoms. The molecule has 23 heavy (non-hydrogen) atoms. The van der Waals surface area contributed by atoms with Crippen molar-refractivity contribution in [3.8, 4) is 0 Å². The minimum absolute atomic E-state index is 0.0466. The number of piperidine rings is 1. The van der Waals surface area contributed by atoms with Crippen LogP contribution in [0.5, 0.6) is 0 Å². The van der Waals surface area contributed by atoms with Gasteiger partial charge in [-0.1, -0.05) is 6.07 Å². The zero-order chi connectivity index (χ0) is 15.6. The van der Waals surface area contributed by atoms with E-state index in [1.165, 1.54) is 18.7 Å². The minimum Gasteiger partial charge on any atom is -0.337 e. The molecule has 2 aliphatic rings. The summed E-state index contributed by atoms with van der Waals surface area (Å²) in [6, 6.07) is 5.49. The Bertz CT molecular complexity index is 669. The number of likely N-dealkylation sites (tertiary alicyclic amines) is 1. The van der Waals surface area contributed by atoms with Gasteiger partial charge in [0.15, 0.2) is 0 Å². The summed E-state index contributed by atoms with van der Waals surface area (Å²) in [5, 5.41) is 0. The molecule has 0 atom stereocenters. The monoisotopic (exact) mass is 310 g/mol. The largest absolute Gasteiger partial charge is 0.337 e. The van der Waals surface area contributed by atoms with Gasteiger partial charge in [0.05, 0.1) is 0 Å². The lowest BCUT2D eigenvalue weighted by atomic mass is 9.95. The van der Waals surface area contributed by atoms with Crippen LogP contribution in [-0.2, 0) is 6.54 Å². The third-order valence-corrected chi connectivity index (χ3v) is 4.93. The normalized spacial score (nSPS) is 19.0. The Labute approximate surface area is 136 Å². The van der Waals surface area contributed by atoms with Crippen LogP contribution in [-0.4, -0.2) is 38.4 Å². The molecule has 5 heteroatoms. The average Bonchev–Trinajstić information content (AvgIpc) is 3.31. The van der Waals surface area contributed by atoms with Crippen LogP contribution in [0, 0.1) is 5.92 Å².